The number of carbonyl (C=O) groups excluding carboxylic acids is 1. The van der Waals surface area contributed by atoms with Gasteiger partial charge in [0.25, 0.3) is 0 Å². The molecule has 20 heavy (non-hydrogen) atoms. The van der Waals surface area contributed by atoms with Crippen LogP contribution in [0.2, 0.25) is 5.02 Å². The number of aromatic amines is 1. The van der Waals surface area contributed by atoms with E-state index in [9.17, 15) is 18.0 Å². The van der Waals surface area contributed by atoms with Crippen LogP contribution >= 0.6 is 11.6 Å². The molecule has 0 unspecified atom stereocenters. The first-order chi connectivity index (χ1) is 9.32. The molecule has 1 heterocycles. The first kappa shape index (κ1) is 14.4. The highest BCUT2D eigenvalue weighted by molar-refractivity contribution is 6.33. The van der Waals surface area contributed by atoms with Gasteiger partial charge in [0.05, 0.1) is 17.7 Å². The summed E-state index contributed by atoms with van der Waals surface area (Å²) in [6.45, 7) is 0. The van der Waals surface area contributed by atoms with Crippen LogP contribution in [0.5, 0.6) is 0 Å². The second-order valence-corrected chi connectivity index (χ2v) is 4.23. The summed E-state index contributed by atoms with van der Waals surface area (Å²) in [5, 5.41) is 0.0935. The van der Waals surface area contributed by atoms with Gasteiger partial charge in [0.2, 0.25) is 0 Å². The lowest BCUT2D eigenvalue weighted by Gasteiger charge is -2.04. The summed E-state index contributed by atoms with van der Waals surface area (Å²) < 4.78 is 41.9. The summed E-state index contributed by atoms with van der Waals surface area (Å²) in [5.74, 6) is -0.618. The van der Waals surface area contributed by atoms with E-state index in [2.05, 4.69) is 14.7 Å². The summed E-state index contributed by atoms with van der Waals surface area (Å²) in [5.41, 5.74) is -0.584. The van der Waals surface area contributed by atoms with Crippen molar-refractivity contribution in [2.45, 2.75) is 6.18 Å². The lowest BCUT2D eigenvalue weighted by Crippen LogP contribution is -2.05. The molecule has 0 saturated heterocycles. The zero-order chi connectivity index (χ0) is 14.9. The van der Waals surface area contributed by atoms with Crippen molar-refractivity contribution in [1.29, 1.82) is 0 Å². The van der Waals surface area contributed by atoms with Gasteiger partial charge in [0.15, 0.2) is 5.69 Å². The number of halogens is 4. The zero-order valence-electron chi connectivity index (χ0n) is 10.1. The third-order valence-electron chi connectivity index (χ3n) is 2.51. The summed E-state index contributed by atoms with van der Waals surface area (Å²) in [7, 11) is 1.21. The smallest absolute Gasteiger partial charge is 0.434 e. The fourth-order valence-corrected chi connectivity index (χ4v) is 1.83. The normalized spacial score (nSPS) is 11.4. The van der Waals surface area contributed by atoms with Gasteiger partial charge in [-0.05, 0) is 18.2 Å². The fourth-order valence-electron chi connectivity index (χ4n) is 1.56. The van der Waals surface area contributed by atoms with E-state index < -0.39 is 17.8 Å². The van der Waals surface area contributed by atoms with Gasteiger partial charge >= 0.3 is 12.1 Å². The monoisotopic (exact) mass is 304 g/mol. The molecule has 0 radical (unpaired) electrons. The van der Waals surface area contributed by atoms with Crippen LogP contribution in [0.25, 0.3) is 11.4 Å². The first-order valence-electron chi connectivity index (χ1n) is 5.34. The Kier molecular flexibility index (Phi) is 3.71. The third-order valence-corrected chi connectivity index (χ3v) is 2.83. The molecule has 106 valence electrons. The highest BCUT2D eigenvalue weighted by Gasteiger charge is 2.34. The molecule has 2 aromatic rings. The summed E-state index contributed by atoms with van der Waals surface area (Å²) >= 11 is 5.94. The van der Waals surface area contributed by atoms with Gasteiger partial charge in [-0.3, -0.25) is 0 Å². The summed E-state index contributed by atoms with van der Waals surface area (Å²) in [6.07, 6.45) is -3.78. The van der Waals surface area contributed by atoms with Gasteiger partial charge in [-0.25, -0.2) is 9.78 Å². The molecule has 0 bridgehead atoms. The number of carbonyl (C=O) groups is 1. The largest absolute Gasteiger partial charge is 0.465 e. The van der Waals surface area contributed by atoms with Crippen molar-refractivity contribution in [2.75, 3.05) is 7.11 Å². The molecule has 0 aliphatic heterocycles. The van der Waals surface area contributed by atoms with Crippen LogP contribution in [0.3, 0.4) is 0 Å². The van der Waals surface area contributed by atoms with E-state index in [1.165, 1.54) is 25.3 Å². The Hall–Kier alpha value is -2.02. The van der Waals surface area contributed by atoms with Crippen molar-refractivity contribution < 1.29 is 22.7 Å². The molecule has 1 N–H and O–H groups in total. The van der Waals surface area contributed by atoms with Gasteiger partial charge in [-0.15, -0.1) is 0 Å². The van der Waals surface area contributed by atoms with Crippen LogP contribution in [0, 0.1) is 0 Å². The van der Waals surface area contributed by atoms with E-state index in [1.54, 1.807) is 0 Å². The highest BCUT2D eigenvalue weighted by Crippen LogP contribution is 2.32. The summed E-state index contributed by atoms with van der Waals surface area (Å²) in [4.78, 5) is 17.1. The predicted molar refractivity (Wildman–Crippen MR) is 65.4 cm³/mol. The standard InChI is InChI=1S/C12H8ClF3N2O2/c1-20-11(19)6-2-3-7(8(13)4-6)10-17-5-9(18-10)12(14,15)16/h2-5H,1H3,(H,17,18). The quantitative estimate of drug-likeness (QED) is 0.863. The molecule has 0 amide bonds. The van der Waals surface area contributed by atoms with Gasteiger partial charge in [-0.2, -0.15) is 13.2 Å². The fraction of sp³-hybridized carbons (Fsp3) is 0.167. The minimum Gasteiger partial charge on any atom is -0.465 e. The minimum atomic E-state index is -4.53. The van der Waals surface area contributed by atoms with Crippen molar-refractivity contribution in [3.8, 4) is 11.4 Å². The molecule has 0 aliphatic rings. The van der Waals surface area contributed by atoms with Crippen molar-refractivity contribution in [3.63, 3.8) is 0 Å². The topological polar surface area (TPSA) is 55.0 Å². The third kappa shape index (κ3) is 2.77. The van der Waals surface area contributed by atoms with Crippen molar-refractivity contribution in [1.82, 2.24) is 9.97 Å². The maximum Gasteiger partial charge on any atom is 0.434 e. The maximum absolute atomic E-state index is 12.5. The zero-order valence-corrected chi connectivity index (χ0v) is 10.8. The van der Waals surface area contributed by atoms with Gasteiger partial charge in [0.1, 0.15) is 5.82 Å². The molecule has 0 aliphatic carbocycles. The Morgan fingerprint density at radius 2 is 2.10 bits per heavy atom. The molecule has 8 heteroatoms. The SMILES string of the molecule is COC(=O)c1ccc(-c2nc(C(F)(F)F)c[nH]2)c(Cl)c1. The Labute approximate surface area is 116 Å². The van der Waals surface area contributed by atoms with E-state index in [-0.39, 0.29) is 22.0 Å². The second kappa shape index (κ2) is 5.16. The number of nitrogens with one attached hydrogen (secondary N) is 1. The number of nitrogens with zero attached hydrogens (tertiary/aromatic N) is 1. The number of hydrogen-bond acceptors (Lipinski definition) is 3. The minimum absolute atomic E-state index is 0.0289. The molecule has 0 atom stereocenters. The lowest BCUT2D eigenvalue weighted by atomic mass is 10.1. The van der Waals surface area contributed by atoms with Crippen LogP contribution in [0.4, 0.5) is 13.2 Å². The van der Waals surface area contributed by atoms with Crippen molar-refractivity contribution in [3.05, 3.63) is 40.7 Å². The maximum atomic E-state index is 12.5. The number of esters is 1. The number of hydrogen-bond donors (Lipinski definition) is 1. The van der Waals surface area contributed by atoms with Crippen LogP contribution in [0.1, 0.15) is 16.1 Å². The molecule has 0 spiro atoms. The van der Waals surface area contributed by atoms with E-state index in [0.29, 0.717) is 0 Å². The molecule has 0 saturated carbocycles. The molecule has 0 fully saturated rings. The molecule has 1 aromatic heterocycles. The number of H-pyrrole nitrogens is 1. The Bertz CT molecular complexity index is 652. The molecule has 1 aromatic carbocycles. The molecule has 2 rings (SSSR count). The molecule has 4 nitrogen and oxygen atoms in total. The van der Waals surface area contributed by atoms with Crippen LogP contribution < -0.4 is 0 Å². The van der Waals surface area contributed by atoms with E-state index in [0.717, 1.165) is 6.20 Å². The number of ether oxygens (including phenoxy) is 1. The van der Waals surface area contributed by atoms with Crippen molar-refractivity contribution in [2.24, 2.45) is 0 Å². The van der Waals surface area contributed by atoms with Crippen LogP contribution in [-0.2, 0) is 10.9 Å². The summed E-state index contributed by atoms with van der Waals surface area (Å²) in [6, 6.07) is 4.09. The van der Waals surface area contributed by atoms with Crippen LogP contribution in [-0.4, -0.2) is 23.0 Å². The van der Waals surface area contributed by atoms with Gasteiger partial charge in [-0.1, -0.05) is 11.6 Å². The van der Waals surface area contributed by atoms with E-state index in [4.69, 9.17) is 11.6 Å². The number of imidazole rings is 1. The average molecular weight is 305 g/mol. The van der Waals surface area contributed by atoms with E-state index >= 15 is 0 Å². The highest BCUT2D eigenvalue weighted by atomic mass is 35.5. The number of benzene rings is 1. The Balaban J connectivity index is 2.39. The predicted octanol–water partition coefficient (Wildman–Crippen LogP) is 3.54. The van der Waals surface area contributed by atoms with Crippen LogP contribution in [0.15, 0.2) is 24.4 Å². The number of alkyl halides is 3. The Morgan fingerprint density at radius 3 is 2.60 bits per heavy atom. The van der Waals surface area contributed by atoms with Gasteiger partial charge in [0, 0.05) is 11.8 Å². The number of rotatable bonds is 2. The Morgan fingerprint density at radius 1 is 1.40 bits per heavy atom. The number of aromatic nitrogens is 2. The lowest BCUT2D eigenvalue weighted by molar-refractivity contribution is -0.140. The molecular formula is C12H8ClF3N2O2. The first-order valence-corrected chi connectivity index (χ1v) is 5.71. The van der Waals surface area contributed by atoms with E-state index in [1.807, 2.05) is 0 Å². The van der Waals surface area contributed by atoms with Crippen molar-refractivity contribution >= 4 is 17.6 Å². The second-order valence-electron chi connectivity index (χ2n) is 3.82. The average Bonchev–Trinajstić information content (AvgIpc) is 2.87. The molecular weight excluding hydrogens is 297 g/mol. The van der Waals surface area contributed by atoms with Gasteiger partial charge < -0.3 is 9.72 Å². The number of methoxy groups -OCH3 is 1.